The average molecular weight is 335 g/mol. The summed E-state index contributed by atoms with van der Waals surface area (Å²) in [6.45, 7) is 3.36. The van der Waals surface area contributed by atoms with E-state index in [0.29, 0.717) is 19.8 Å². The van der Waals surface area contributed by atoms with Crippen LogP contribution in [0, 0.1) is 0 Å². The second kappa shape index (κ2) is 10.2. The Morgan fingerprint density at radius 2 is 2.00 bits per heavy atom. The van der Waals surface area contributed by atoms with Crippen LogP contribution in [0.2, 0.25) is 0 Å². The summed E-state index contributed by atoms with van der Waals surface area (Å²) < 4.78 is 5.19. The lowest BCUT2D eigenvalue weighted by Crippen LogP contribution is -2.34. The van der Waals surface area contributed by atoms with Gasteiger partial charge in [0.25, 0.3) is 0 Å². The summed E-state index contributed by atoms with van der Waals surface area (Å²) in [5.74, 6) is 0. The number of aliphatic hydroxyl groups excluding tert-OH is 1. The Hall–Kier alpha value is -1.79. The topological polar surface area (TPSA) is 65.0 Å². The third-order valence-corrected chi connectivity index (χ3v) is 4.22. The van der Waals surface area contributed by atoms with Crippen LogP contribution in [-0.2, 0) is 4.74 Å². The summed E-state index contributed by atoms with van der Waals surface area (Å²) in [6, 6.07) is 7.89. The van der Waals surface area contributed by atoms with Gasteiger partial charge in [0.1, 0.15) is 0 Å². The number of rotatable bonds is 7. The Labute approximate surface area is 144 Å². The van der Waals surface area contributed by atoms with Crippen molar-refractivity contribution in [3.63, 3.8) is 0 Å². The van der Waals surface area contributed by atoms with Gasteiger partial charge in [0.15, 0.2) is 0 Å². The molecule has 0 aromatic heterocycles. The fourth-order valence-corrected chi connectivity index (χ4v) is 2.80. The molecule has 0 bridgehead atoms. The number of nitrogens with zero attached hydrogens (tertiary/aromatic N) is 2. The van der Waals surface area contributed by atoms with Crippen molar-refractivity contribution in [3.8, 4) is 0 Å². The van der Waals surface area contributed by atoms with Crippen molar-refractivity contribution >= 4 is 17.4 Å². The van der Waals surface area contributed by atoms with Crippen LogP contribution in [0.3, 0.4) is 0 Å². The minimum atomic E-state index is -0.157. The second-order valence-electron chi connectivity index (χ2n) is 6.14. The van der Waals surface area contributed by atoms with Gasteiger partial charge in [-0.1, -0.05) is 18.9 Å². The van der Waals surface area contributed by atoms with E-state index < -0.39 is 0 Å². The third kappa shape index (κ3) is 6.02. The summed E-state index contributed by atoms with van der Waals surface area (Å²) in [5, 5.41) is 11.6. The minimum absolute atomic E-state index is 0.000791. The number of anilines is 2. The van der Waals surface area contributed by atoms with Gasteiger partial charge in [0, 0.05) is 38.1 Å². The molecular formula is C18H29N3O3. The number of benzene rings is 1. The van der Waals surface area contributed by atoms with E-state index in [2.05, 4.69) is 16.3 Å². The zero-order valence-corrected chi connectivity index (χ0v) is 14.5. The lowest BCUT2D eigenvalue weighted by molar-refractivity contribution is 0.0833. The molecule has 1 aromatic rings. The van der Waals surface area contributed by atoms with Gasteiger partial charge in [-0.05, 0) is 31.0 Å². The van der Waals surface area contributed by atoms with Crippen LogP contribution in [0.1, 0.15) is 25.7 Å². The maximum atomic E-state index is 12.2. The molecule has 0 saturated carbocycles. The van der Waals surface area contributed by atoms with E-state index in [1.54, 1.807) is 11.9 Å². The first-order valence-corrected chi connectivity index (χ1v) is 8.76. The highest BCUT2D eigenvalue weighted by atomic mass is 16.5. The molecule has 0 radical (unpaired) electrons. The zero-order valence-electron chi connectivity index (χ0n) is 14.5. The molecule has 1 saturated heterocycles. The van der Waals surface area contributed by atoms with Crippen molar-refractivity contribution in [2.45, 2.75) is 25.7 Å². The first-order chi connectivity index (χ1) is 11.7. The fraction of sp³-hybridized carbons (Fsp3) is 0.611. The molecule has 0 spiro atoms. The number of amides is 2. The highest BCUT2D eigenvalue weighted by Crippen LogP contribution is 2.22. The molecule has 0 unspecified atom stereocenters. The smallest absolute Gasteiger partial charge is 0.321 e. The highest BCUT2D eigenvalue weighted by molar-refractivity contribution is 5.89. The van der Waals surface area contributed by atoms with Gasteiger partial charge >= 0.3 is 6.03 Å². The molecule has 1 heterocycles. The van der Waals surface area contributed by atoms with Crippen molar-refractivity contribution in [2.75, 3.05) is 56.7 Å². The molecule has 2 amide bonds. The Kier molecular flexibility index (Phi) is 7.85. The van der Waals surface area contributed by atoms with Crippen LogP contribution in [0.25, 0.3) is 0 Å². The molecule has 1 aliphatic rings. The Bertz CT molecular complexity index is 502. The number of hydrogen-bond donors (Lipinski definition) is 2. The normalized spacial score (nSPS) is 15.0. The van der Waals surface area contributed by atoms with Crippen molar-refractivity contribution in [3.05, 3.63) is 24.3 Å². The summed E-state index contributed by atoms with van der Waals surface area (Å²) in [6.07, 6.45) is 5.06. The lowest BCUT2D eigenvalue weighted by Gasteiger charge is -2.24. The molecule has 0 aliphatic carbocycles. The number of nitrogens with one attached hydrogen (secondary N) is 1. The molecule has 2 rings (SSSR count). The number of ether oxygens (including phenoxy) is 1. The summed E-state index contributed by atoms with van der Waals surface area (Å²) in [5.41, 5.74) is 1.98. The molecule has 0 atom stereocenters. The SMILES string of the molecule is CN(CCOCCO)C(=O)Nc1cccc(N2CCCCCC2)c1. The van der Waals surface area contributed by atoms with Crippen molar-refractivity contribution in [2.24, 2.45) is 0 Å². The van der Waals surface area contributed by atoms with Gasteiger partial charge in [-0.15, -0.1) is 0 Å². The van der Waals surface area contributed by atoms with Crippen molar-refractivity contribution in [1.82, 2.24) is 4.90 Å². The predicted octanol–water partition coefficient (Wildman–Crippen LogP) is 2.54. The Balaban J connectivity index is 1.87. The molecule has 1 aliphatic heterocycles. The molecule has 1 aromatic carbocycles. The quantitative estimate of drug-likeness (QED) is 0.752. The van der Waals surface area contributed by atoms with Crippen LogP contribution in [-0.4, -0.2) is 62.5 Å². The number of likely N-dealkylation sites (N-methyl/N-ethyl adjacent to an activating group) is 1. The second-order valence-corrected chi connectivity index (χ2v) is 6.14. The largest absolute Gasteiger partial charge is 0.394 e. The van der Waals surface area contributed by atoms with Gasteiger partial charge in [-0.25, -0.2) is 4.79 Å². The highest BCUT2D eigenvalue weighted by Gasteiger charge is 2.12. The van der Waals surface area contributed by atoms with Gasteiger partial charge in [-0.3, -0.25) is 0 Å². The molecule has 1 fully saturated rings. The van der Waals surface area contributed by atoms with Gasteiger partial charge in [0.05, 0.1) is 19.8 Å². The molecule has 6 nitrogen and oxygen atoms in total. The van der Waals surface area contributed by atoms with Crippen molar-refractivity contribution in [1.29, 1.82) is 0 Å². The van der Waals surface area contributed by atoms with E-state index in [4.69, 9.17) is 9.84 Å². The molecule has 2 N–H and O–H groups in total. The van der Waals surface area contributed by atoms with E-state index in [1.165, 1.54) is 31.4 Å². The summed E-state index contributed by atoms with van der Waals surface area (Å²) >= 11 is 0. The Morgan fingerprint density at radius 1 is 1.25 bits per heavy atom. The number of aliphatic hydroxyl groups is 1. The first kappa shape index (κ1) is 18.5. The Morgan fingerprint density at radius 3 is 2.71 bits per heavy atom. The number of hydrogen-bond acceptors (Lipinski definition) is 4. The van der Waals surface area contributed by atoms with E-state index in [1.807, 2.05) is 18.2 Å². The molecule has 134 valence electrons. The van der Waals surface area contributed by atoms with Crippen LogP contribution >= 0.6 is 0 Å². The first-order valence-electron chi connectivity index (χ1n) is 8.76. The van der Waals surface area contributed by atoms with Crippen LogP contribution < -0.4 is 10.2 Å². The number of carbonyl (C=O) groups excluding carboxylic acids is 1. The standard InChI is InChI=1S/C18H29N3O3/c1-20(11-13-24-14-12-22)18(23)19-16-7-6-8-17(15-16)21-9-4-2-3-5-10-21/h6-8,15,22H,2-5,9-14H2,1H3,(H,19,23). The molecular weight excluding hydrogens is 306 g/mol. The zero-order chi connectivity index (χ0) is 17.2. The third-order valence-electron chi connectivity index (χ3n) is 4.22. The monoisotopic (exact) mass is 335 g/mol. The number of carbonyl (C=O) groups is 1. The van der Waals surface area contributed by atoms with Crippen molar-refractivity contribution < 1.29 is 14.6 Å². The lowest BCUT2D eigenvalue weighted by atomic mass is 10.2. The van der Waals surface area contributed by atoms with Gasteiger partial charge in [-0.2, -0.15) is 0 Å². The van der Waals surface area contributed by atoms with Gasteiger partial charge in [0.2, 0.25) is 0 Å². The van der Waals surface area contributed by atoms with E-state index in [0.717, 1.165) is 18.8 Å². The van der Waals surface area contributed by atoms with E-state index >= 15 is 0 Å². The van der Waals surface area contributed by atoms with Crippen LogP contribution in [0.4, 0.5) is 16.2 Å². The maximum Gasteiger partial charge on any atom is 0.321 e. The molecule has 6 heteroatoms. The van der Waals surface area contributed by atoms with Gasteiger partial charge < -0.3 is 25.0 Å². The maximum absolute atomic E-state index is 12.2. The number of urea groups is 1. The van der Waals surface area contributed by atoms with E-state index in [-0.39, 0.29) is 12.6 Å². The summed E-state index contributed by atoms with van der Waals surface area (Å²) in [7, 11) is 1.73. The molecule has 24 heavy (non-hydrogen) atoms. The summed E-state index contributed by atoms with van der Waals surface area (Å²) in [4.78, 5) is 16.2. The average Bonchev–Trinajstić information content (AvgIpc) is 2.88. The van der Waals surface area contributed by atoms with Crippen LogP contribution in [0.15, 0.2) is 24.3 Å². The fourth-order valence-electron chi connectivity index (χ4n) is 2.80. The van der Waals surface area contributed by atoms with Crippen LogP contribution in [0.5, 0.6) is 0 Å². The predicted molar refractivity (Wildman–Crippen MR) is 96.7 cm³/mol. The minimum Gasteiger partial charge on any atom is -0.394 e. The van der Waals surface area contributed by atoms with E-state index in [9.17, 15) is 4.79 Å².